The second-order valence-electron chi connectivity index (χ2n) is 6.25. The Hall–Kier alpha value is -0.0800. The first-order valence-corrected chi connectivity index (χ1v) is 7.04. The van der Waals surface area contributed by atoms with Crippen LogP contribution in [-0.4, -0.2) is 38.1 Å². The van der Waals surface area contributed by atoms with Gasteiger partial charge in [-0.25, -0.2) is 0 Å². The lowest BCUT2D eigenvalue weighted by atomic mass is 9.61. The summed E-state index contributed by atoms with van der Waals surface area (Å²) in [7, 11) is 2.26. The topological polar surface area (TPSA) is 15.3 Å². The van der Waals surface area contributed by atoms with E-state index < -0.39 is 0 Å². The van der Waals surface area contributed by atoms with Crippen LogP contribution in [0, 0.1) is 17.3 Å². The molecule has 1 N–H and O–H groups in total. The van der Waals surface area contributed by atoms with Gasteiger partial charge in [0.05, 0.1) is 0 Å². The molecule has 0 bridgehead atoms. The Balaban J connectivity index is 2.06. The number of nitrogens with zero attached hydrogens (tertiary/aromatic N) is 1. The van der Waals surface area contributed by atoms with Gasteiger partial charge < -0.3 is 10.2 Å². The molecule has 2 heterocycles. The summed E-state index contributed by atoms with van der Waals surface area (Å²) >= 11 is 0. The Morgan fingerprint density at radius 2 is 1.94 bits per heavy atom. The molecule has 0 spiro atoms. The highest BCUT2D eigenvalue weighted by Crippen LogP contribution is 2.45. The zero-order chi connectivity index (χ0) is 11.6. The van der Waals surface area contributed by atoms with Crippen LogP contribution in [0.3, 0.4) is 0 Å². The van der Waals surface area contributed by atoms with Crippen LogP contribution in [0.1, 0.15) is 39.5 Å². The average molecular weight is 224 g/mol. The quantitative estimate of drug-likeness (QED) is 0.774. The number of likely N-dealkylation sites (tertiary alicyclic amines) is 1. The van der Waals surface area contributed by atoms with E-state index in [0.717, 1.165) is 11.8 Å². The molecule has 2 aliphatic heterocycles. The molecule has 2 aliphatic rings. The molecule has 0 aromatic carbocycles. The molecule has 0 amide bonds. The molecule has 2 fully saturated rings. The number of hydrogen-bond donors (Lipinski definition) is 1. The molecule has 0 aliphatic carbocycles. The molecule has 1 unspecified atom stereocenters. The number of rotatable bonds is 2. The third-order valence-electron chi connectivity index (χ3n) is 5.13. The summed E-state index contributed by atoms with van der Waals surface area (Å²) in [5, 5.41) is 3.65. The first-order valence-electron chi connectivity index (χ1n) is 7.04. The Morgan fingerprint density at radius 3 is 2.44 bits per heavy atom. The van der Waals surface area contributed by atoms with Crippen LogP contribution in [0.15, 0.2) is 0 Å². The summed E-state index contributed by atoms with van der Waals surface area (Å²) in [5.74, 6) is 1.78. The summed E-state index contributed by atoms with van der Waals surface area (Å²) in [6.07, 6.45) is 5.66. The number of piperidine rings is 2. The lowest BCUT2D eigenvalue weighted by Crippen LogP contribution is -2.51. The standard InChI is InChI=1S/C14H28N2/c1-12(2)14(7-4-8-15-11-14)13-5-9-16(3)10-6-13/h12-13,15H,4-11H2,1-3H3. The molecule has 1 atom stereocenters. The fraction of sp³-hybridized carbons (Fsp3) is 1.00. The Bertz CT molecular complexity index is 211. The summed E-state index contributed by atoms with van der Waals surface area (Å²) in [6.45, 7) is 9.98. The van der Waals surface area contributed by atoms with Crippen molar-refractivity contribution in [1.29, 1.82) is 0 Å². The molecule has 0 aromatic rings. The fourth-order valence-corrected chi connectivity index (χ4v) is 3.85. The van der Waals surface area contributed by atoms with Gasteiger partial charge in [0.2, 0.25) is 0 Å². The fourth-order valence-electron chi connectivity index (χ4n) is 3.85. The van der Waals surface area contributed by atoms with Crippen LogP contribution in [-0.2, 0) is 0 Å². The Morgan fingerprint density at radius 1 is 1.25 bits per heavy atom. The van der Waals surface area contributed by atoms with Crippen molar-refractivity contribution in [2.45, 2.75) is 39.5 Å². The van der Waals surface area contributed by atoms with Crippen molar-refractivity contribution in [3.05, 3.63) is 0 Å². The van der Waals surface area contributed by atoms with E-state index >= 15 is 0 Å². The zero-order valence-corrected chi connectivity index (χ0v) is 11.3. The lowest BCUT2D eigenvalue weighted by Gasteiger charge is -2.49. The second-order valence-corrected chi connectivity index (χ2v) is 6.25. The first kappa shape index (κ1) is 12.4. The van der Waals surface area contributed by atoms with Crippen molar-refractivity contribution < 1.29 is 0 Å². The van der Waals surface area contributed by atoms with Gasteiger partial charge >= 0.3 is 0 Å². The van der Waals surface area contributed by atoms with E-state index in [9.17, 15) is 0 Å². The van der Waals surface area contributed by atoms with E-state index in [0.29, 0.717) is 5.41 Å². The number of nitrogens with one attached hydrogen (secondary N) is 1. The third-order valence-corrected chi connectivity index (χ3v) is 5.13. The van der Waals surface area contributed by atoms with Crippen molar-refractivity contribution in [2.75, 3.05) is 33.2 Å². The SMILES string of the molecule is CC(C)C1(C2CCN(C)CC2)CCCNC1. The molecular formula is C14H28N2. The normalized spacial score (nSPS) is 34.5. The minimum atomic E-state index is 0.597. The van der Waals surface area contributed by atoms with Gasteiger partial charge in [-0.15, -0.1) is 0 Å². The van der Waals surface area contributed by atoms with Crippen molar-refractivity contribution in [3.63, 3.8) is 0 Å². The van der Waals surface area contributed by atoms with Gasteiger partial charge in [0.25, 0.3) is 0 Å². The molecule has 0 aromatic heterocycles. The molecule has 2 nitrogen and oxygen atoms in total. The van der Waals surface area contributed by atoms with Crippen LogP contribution < -0.4 is 5.32 Å². The third kappa shape index (κ3) is 2.28. The molecule has 2 saturated heterocycles. The van der Waals surface area contributed by atoms with Crippen molar-refractivity contribution >= 4 is 0 Å². The summed E-state index contributed by atoms with van der Waals surface area (Å²) in [6, 6.07) is 0. The predicted octanol–water partition coefficient (Wildman–Crippen LogP) is 2.35. The minimum Gasteiger partial charge on any atom is -0.316 e. The van der Waals surface area contributed by atoms with E-state index in [-0.39, 0.29) is 0 Å². The number of hydrogen-bond acceptors (Lipinski definition) is 2. The molecule has 0 saturated carbocycles. The highest BCUT2D eigenvalue weighted by molar-refractivity contribution is 4.95. The van der Waals surface area contributed by atoms with Crippen molar-refractivity contribution in [2.24, 2.45) is 17.3 Å². The van der Waals surface area contributed by atoms with Gasteiger partial charge in [-0.2, -0.15) is 0 Å². The van der Waals surface area contributed by atoms with Crippen molar-refractivity contribution in [3.8, 4) is 0 Å². The maximum atomic E-state index is 3.65. The van der Waals surface area contributed by atoms with Gasteiger partial charge in [-0.1, -0.05) is 13.8 Å². The van der Waals surface area contributed by atoms with Gasteiger partial charge in [-0.3, -0.25) is 0 Å². The Labute approximate surface area is 101 Å². The van der Waals surface area contributed by atoms with Crippen LogP contribution in [0.4, 0.5) is 0 Å². The first-order chi connectivity index (χ1) is 7.65. The van der Waals surface area contributed by atoms with Crippen LogP contribution in [0.2, 0.25) is 0 Å². The maximum absolute atomic E-state index is 3.65. The van der Waals surface area contributed by atoms with Crippen LogP contribution in [0.25, 0.3) is 0 Å². The average Bonchev–Trinajstić information content (AvgIpc) is 2.30. The van der Waals surface area contributed by atoms with Gasteiger partial charge in [0.1, 0.15) is 0 Å². The minimum absolute atomic E-state index is 0.597. The van der Waals surface area contributed by atoms with E-state index in [1.807, 2.05) is 0 Å². The molecule has 2 heteroatoms. The molecule has 0 radical (unpaired) electrons. The van der Waals surface area contributed by atoms with Crippen LogP contribution >= 0.6 is 0 Å². The summed E-state index contributed by atoms with van der Waals surface area (Å²) in [5.41, 5.74) is 0.597. The van der Waals surface area contributed by atoms with Crippen molar-refractivity contribution in [1.82, 2.24) is 10.2 Å². The predicted molar refractivity (Wildman–Crippen MR) is 69.6 cm³/mol. The van der Waals surface area contributed by atoms with Gasteiger partial charge in [0.15, 0.2) is 0 Å². The largest absolute Gasteiger partial charge is 0.316 e. The highest BCUT2D eigenvalue weighted by atomic mass is 15.1. The van der Waals surface area contributed by atoms with E-state index in [1.54, 1.807) is 0 Å². The molecule has 16 heavy (non-hydrogen) atoms. The van der Waals surface area contributed by atoms with Gasteiger partial charge in [-0.05, 0) is 69.6 Å². The van der Waals surface area contributed by atoms with Gasteiger partial charge in [0, 0.05) is 6.54 Å². The lowest BCUT2D eigenvalue weighted by molar-refractivity contribution is 0.0179. The van der Waals surface area contributed by atoms with E-state index in [1.165, 1.54) is 51.9 Å². The summed E-state index contributed by atoms with van der Waals surface area (Å²) < 4.78 is 0. The van der Waals surface area contributed by atoms with E-state index in [4.69, 9.17) is 0 Å². The highest BCUT2D eigenvalue weighted by Gasteiger charge is 2.42. The molecule has 94 valence electrons. The second kappa shape index (κ2) is 5.05. The van der Waals surface area contributed by atoms with E-state index in [2.05, 4.69) is 31.1 Å². The molecule has 2 rings (SSSR count). The summed E-state index contributed by atoms with van der Waals surface area (Å²) in [4.78, 5) is 2.49. The maximum Gasteiger partial charge on any atom is 0.00129 e. The zero-order valence-electron chi connectivity index (χ0n) is 11.3. The smallest absolute Gasteiger partial charge is 0.00129 e. The monoisotopic (exact) mass is 224 g/mol. The Kier molecular flexibility index (Phi) is 3.91. The molecular weight excluding hydrogens is 196 g/mol. The van der Waals surface area contributed by atoms with Crippen LogP contribution in [0.5, 0.6) is 0 Å².